The van der Waals surface area contributed by atoms with E-state index >= 15 is 0 Å². The molecule has 2 heterocycles. The molecule has 0 fully saturated rings. The fourth-order valence-corrected chi connectivity index (χ4v) is 2.04. The first-order valence-electron chi connectivity index (χ1n) is 6.06. The van der Waals surface area contributed by atoms with E-state index in [2.05, 4.69) is 10.1 Å². The first-order valence-corrected chi connectivity index (χ1v) is 6.06. The zero-order valence-corrected chi connectivity index (χ0v) is 10.5. The summed E-state index contributed by atoms with van der Waals surface area (Å²) in [4.78, 5) is 16.5. The average molecular weight is 251 g/mol. The van der Waals surface area contributed by atoms with Crippen LogP contribution in [0.15, 0.2) is 59.5 Å². The lowest BCUT2D eigenvalue weighted by Gasteiger charge is -2.01. The molecule has 94 valence electrons. The maximum atomic E-state index is 12.3. The van der Waals surface area contributed by atoms with Crippen LogP contribution in [0.4, 0.5) is 0 Å². The van der Waals surface area contributed by atoms with Gasteiger partial charge in [0.2, 0.25) is 0 Å². The minimum atomic E-state index is -0.0492. The molecule has 0 radical (unpaired) electrons. The predicted molar refractivity (Wildman–Crippen MR) is 74.4 cm³/mol. The Morgan fingerprint density at radius 3 is 2.47 bits per heavy atom. The number of para-hydroxylation sites is 1. The van der Waals surface area contributed by atoms with Gasteiger partial charge in [0.25, 0.3) is 5.56 Å². The number of hydrogen-bond acceptors (Lipinski definition) is 2. The number of pyridine rings is 1. The van der Waals surface area contributed by atoms with Crippen LogP contribution in [0.3, 0.4) is 0 Å². The summed E-state index contributed by atoms with van der Waals surface area (Å²) >= 11 is 0. The van der Waals surface area contributed by atoms with Gasteiger partial charge in [-0.1, -0.05) is 24.3 Å². The van der Waals surface area contributed by atoms with Gasteiger partial charge in [-0.25, -0.2) is 4.68 Å². The second-order valence-electron chi connectivity index (χ2n) is 4.30. The Hall–Kier alpha value is -2.62. The number of H-pyrrole nitrogens is 1. The summed E-state index contributed by atoms with van der Waals surface area (Å²) in [5, 5.41) is 3.12. The first-order chi connectivity index (χ1) is 9.27. The third kappa shape index (κ3) is 1.97. The number of nitrogens with zero attached hydrogens (tertiary/aromatic N) is 2. The van der Waals surface area contributed by atoms with Crippen molar-refractivity contribution in [1.29, 1.82) is 0 Å². The van der Waals surface area contributed by atoms with Crippen LogP contribution >= 0.6 is 0 Å². The minimum absolute atomic E-state index is 0.0492. The van der Waals surface area contributed by atoms with Gasteiger partial charge >= 0.3 is 0 Å². The molecule has 0 saturated carbocycles. The highest BCUT2D eigenvalue weighted by Gasteiger charge is 2.13. The topological polar surface area (TPSA) is 50.7 Å². The van der Waals surface area contributed by atoms with Gasteiger partial charge in [0.1, 0.15) is 0 Å². The highest BCUT2D eigenvalue weighted by atomic mass is 16.1. The van der Waals surface area contributed by atoms with Crippen LogP contribution in [0, 0.1) is 6.92 Å². The molecule has 0 unspecified atom stereocenters. The summed E-state index contributed by atoms with van der Waals surface area (Å²) in [6, 6.07) is 15.1. The molecule has 0 atom stereocenters. The quantitative estimate of drug-likeness (QED) is 0.761. The van der Waals surface area contributed by atoms with Gasteiger partial charge in [-0.05, 0) is 31.2 Å². The Morgan fingerprint density at radius 2 is 1.79 bits per heavy atom. The summed E-state index contributed by atoms with van der Waals surface area (Å²) in [6.45, 7) is 1.81. The van der Waals surface area contributed by atoms with Crippen LogP contribution in [0.2, 0.25) is 0 Å². The van der Waals surface area contributed by atoms with Crippen molar-refractivity contribution in [3.8, 4) is 17.1 Å². The largest absolute Gasteiger partial charge is 0.288 e. The first kappa shape index (κ1) is 11.5. The van der Waals surface area contributed by atoms with E-state index < -0.39 is 0 Å². The highest BCUT2D eigenvalue weighted by Crippen LogP contribution is 2.17. The Bertz CT molecular complexity index is 742. The zero-order valence-electron chi connectivity index (χ0n) is 10.5. The zero-order chi connectivity index (χ0) is 13.2. The van der Waals surface area contributed by atoms with Crippen molar-refractivity contribution in [2.24, 2.45) is 0 Å². The molecule has 3 aromatic rings. The molecule has 4 heteroatoms. The van der Waals surface area contributed by atoms with E-state index in [0.717, 1.165) is 17.1 Å². The van der Waals surface area contributed by atoms with Crippen molar-refractivity contribution in [2.45, 2.75) is 6.92 Å². The van der Waals surface area contributed by atoms with Crippen molar-refractivity contribution >= 4 is 0 Å². The maximum Gasteiger partial charge on any atom is 0.274 e. The molecule has 0 aliphatic carbocycles. The molecule has 2 aromatic heterocycles. The van der Waals surface area contributed by atoms with Gasteiger partial charge in [-0.3, -0.25) is 14.9 Å². The lowest BCUT2D eigenvalue weighted by atomic mass is 10.2. The van der Waals surface area contributed by atoms with E-state index in [-0.39, 0.29) is 5.56 Å². The van der Waals surface area contributed by atoms with Gasteiger partial charge < -0.3 is 0 Å². The Labute approximate surface area is 110 Å². The highest BCUT2D eigenvalue weighted by molar-refractivity contribution is 5.58. The summed E-state index contributed by atoms with van der Waals surface area (Å²) in [5.74, 6) is 0. The SMILES string of the molecule is Cc1c(-c2ccccn2)[nH]n(-c2ccccc2)c1=O. The molecule has 19 heavy (non-hydrogen) atoms. The lowest BCUT2D eigenvalue weighted by Crippen LogP contribution is -2.15. The Kier molecular flexibility index (Phi) is 2.76. The van der Waals surface area contributed by atoms with E-state index in [9.17, 15) is 4.79 Å². The van der Waals surface area contributed by atoms with E-state index in [1.165, 1.54) is 0 Å². The van der Waals surface area contributed by atoms with Crippen molar-refractivity contribution in [3.63, 3.8) is 0 Å². The number of aromatic amines is 1. The van der Waals surface area contributed by atoms with Gasteiger partial charge in [0.15, 0.2) is 0 Å². The number of rotatable bonds is 2. The molecule has 0 saturated heterocycles. The van der Waals surface area contributed by atoms with Gasteiger partial charge in [0, 0.05) is 11.8 Å². The molecule has 4 nitrogen and oxygen atoms in total. The molecule has 0 bridgehead atoms. The molecule has 0 aliphatic heterocycles. The lowest BCUT2D eigenvalue weighted by molar-refractivity contribution is 0.850. The fraction of sp³-hybridized carbons (Fsp3) is 0.0667. The standard InChI is InChI=1S/C15H13N3O/c1-11-14(13-9-5-6-10-16-13)17-18(15(11)19)12-7-3-2-4-8-12/h2-10,17H,1H3. The summed E-state index contributed by atoms with van der Waals surface area (Å²) < 4.78 is 1.54. The predicted octanol–water partition coefficient (Wildman–Crippen LogP) is 2.54. The number of hydrogen-bond donors (Lipinski definition) is 1. The normalized spacial score (nSPS) is 10.6. The van der Waals surface area contributed by atoms with Crippen molar-refractivity contribution < 1.29 is 0 Å². The van der Waals surface area contributed by atoms with E-state index in [4.69, 9.17) is 0 Å². The molecule has 0 aliphatic rings. The van der Waals surface area contributed by atoms with Crippen LogP contribution < -0.4 is 5.56 Å². The molecular weight excluding hydrogens is 238 g/mol. The third-order valence-corrected chi connectivity index (χ3v) is 3.06. The third-order valence-electron chi connectivity index (χ3n) is 3.06. The Morgan fingerprint density at radius 1 is 1.05 bits per heavy atom. The van der Waals surface area contributed by atoms with Crippen molar-refractivity contribution in [1.82, 2.24) is 14.8 Å². The van der Waals surface area contributed by atoms with Crippen LogP contribution in [0.5, 0.6) is 0 Å². The van der Waals surface area contributed by atoms with E-state index in [0.29, 0.717) is 5.56 Å². The van der Waals surface area contributed by atoms with Crippen molar-refractivity contribution in [3.05, 3.63) is 70.6 Å². The number of aromatic nitrogens is 3. The van der Waals surface area contributed by atoms with E-state index in [1.54, 1.807) is 10.9 Å². The fourth-order valence-electron chi connectivity index (χ4n) is 2.04. The molecule has 3 rings (SSSR count). The van der Waals surface area contributed by atoms with Crippen LogP contribution in [-0.2, 0) is 0 Å². The number of benzene rings is 1. The molecule has 0 amide bonds. The molecule has 0 spiro atoms. The molecule has 1 aromatic carbocycles. The summed E-state index contributed by atoms with van der Waals surface area (Å²) in [7, 11) is 0. The van der Waals surface area contributed by atoms with Crippen LogP contribution in [0.1, 0.15) is 5.56 Å². The maximum absolute atomic E-state index is 12.3. The second kappa shape index (κ2) is 4.57. The smallest absolute Gasteiger partial charge is 0.274 e. The van der Waals surface area contributed by atoms with Crippen LogP contribution in [-0.4, -0.2) is 14.8 Å². The molecule has 1 N–H and O–H groups in total. The molecular formula is C15H13N3O. The van der Waals surface area contributed by atoms with Crippen LogP contribution in [0.25, 0.3) is 17.1 Å². The summed E-state index contributed by atoms with van der Waals surface area (Å²) in [6.07, 6.45) is 1.72. The van der Waals surface area contributed by atoms with Crippen molar-refractivity contribution in [2.75, 3.05) is 0 Å². The summed E-state index contributed by atoms with van der Waals surface area (Å²) in [5.41, 5.74) is 2.97. The monoisotopic (exact) mass is 251 g/mol. The van der Waals surface area contributed by atoms with E-state index in [1.807, 2.05) is 55.5 Å². The number of nitrogens with one attached hydrogen (secondary N) is 1. The van der Waals surface area contributed by atoms with Gasteiger partial charge in [-0.15, -0.1) is 0 Å². The van der Waals surface area contributed by atoms with Gasteiger partial charge in [-0.2, -0.15) is 0 Å². The Balaban J connectivity index is 2.19. The average Bonchev–Trinajstić information content (AvgIpc) is 2.77. The second-order valence-corrected chi connectivity index (χ2v) is 4.30. The minimum Gasteiger partial charge on any atom is -0.288 e. The van der Waals surface area contributed by atoms with Gasteiger partial charge in [0.05, 0.1) is 17.1 Å².